The van der Waals surface area contributed by atoms with Crippen LogP contribution in [0.1, 0.15) is 135 Å². The molecule has 26 heavy (non-hydrogen) atoms. The zero-order valence-electron chi connectivity index (χ0n) is 18.6. The Labute approximate surface area is 167 Å². The predicted molar refractivity (Wildman–Crippen MR) is 121 cm³/mol. The molecular formula is C25H51N. The van der Waals surface area contributed by atoms with Gasteiger partial charge < -0.3 is 4.90 Å². The second-order valence-corrected chi connectivity index (χ2v) is 8.38. The largest absolute Gasteiger partial charge is 0.381 e. The lowest BCUT2D eigenvalue weighted by Crippen LogP contribution is -2.11. The summed E-state index contributed by atoms with van der Waals surface area (Å²) in [5, 5.41) is 0. The van der Waals surface area contributed by atoms with E-state index < -0.39 is 0 Å². The summed E-state index contributed by atoms with van der Waals surface area (Å²) in [6.45, 7) is 7.26. The molecule has 0 aromatic carbocycles. The van der Waals surface area contributed by atoms with Gasteiger partial charge in [0, 0.05) is 13.6 Å². The van der Waals surface area contributed by atoms with Gasteiger partial charge in [-0.05, 0) is 12.6 Å². The Hall–Kier alpha value is -0.460. The minimum atomic E-state index is 1.17. The van der Waals surface area contributed by atoms with Gasteiger partial charge in [0.05, 0.1) is 0 Å². The number of hydrogen-bond acceptors (Lipinski definition) is 1. The summed E-state index contributed by atoms with van der Waals surface area (Å²) >= 11 is 0. The van der Waals surface area contributed by atoms with Crippen LogP contribution in [0, 0.1) is 0 Å². The van der Waals surface area contributed by atoms with Crippen LogP contribution < -0.4 is 0 Å². The lowest BCUT2D eigenvalue weighted by Gasteiger charge is -2.12. The summed E-state index contributed by atoms with van der Waals surface area (Å²) in [5.74, 6) is 0. The number of rotatable bonds is 22. The van der Waals surface area contributed by atoms with Gasteiger partial charge in [0.15, 0.2) is 0 Å². The lowest BCUT2D eigenvalue weighted by atomic mass is 10.0. The van der Waals surface area contributed by atoms with Crippen LogP contribution in [-0.4, -0.2) is 18.5 Å². The highest BCUT2D eigenvalue weighted by atomic mass is 15.1. The fraction of sp³-hybridized carbons (Fsp3) is 0.920. The van der Waals surface area contributed by atoms with Crippen molar-refractivity contribution in [2.24, 2.45) is 0 Å². The lowest BCUT2D eigenvalue weighted by molar-refractivity contribution is 0.429. The van der Waals surface area contributed by atoms with Crippen LogP contribution in [0.2, 0.25) is 0 Å². The van der Waals surface area contributed by atoms with Crippen molar-refractivity contribution in [3.63, 3.8) is 0 Å². The van der Waals surface area contributed by atoms with Crippen molar-refractivity contribution in [1.29, 1.82) is 0 Å². The van der Waals surface area contributed by atoms with E-state index in [0.29, 0.717) is 0 Å². The molecule has 0 saturated heterocycles. The average molecular weight is 366 g/mol. The Morgan fingerprint density at radius 3 is 1.04 bits per heavy atom. The third kappa shape index (κ3) is 21.6. The molecule has 156 valence electrons. The molecule has 0 saturated carbocycles. The number of hydrogen-bond donors (Lipinski definition) is 0. The second kappa shape index (κ2) is 22.6. The molecule has 0 bridgehead atoms. The molecule has 0 N–H and O–H groups in total. The van der Waals surface area contributed by atoms with Gasteiger partial charge in [-0.3, -0.25) is 0 Å². The maximum atomic E-state index is 3.79. The Morgan fingerprint density at radius 2 is 0.769 bits per heavy atom. The van der Waals surface area contributed by atoms with E-state index in [-0.39, 0.29) is 0 Å². The first-order valence-corrected chi connectivity index (χ1v) is 12.1. The molecule has 0 amide bonds. The highest BCUT2D eigenvalue weighted by Crippen LogP contribution is 2.14. The van der Waals surface area contributed by atoms with E-state index in [2.05, 4.69) is 25.5 Å². The van der Waals surface area contributed by atoms with Crippen molar-refractivity contribution in [3.05, 3.63) is 12.8 Å². The van der Waals surface area contributed by atoms with Crippen molar-refractivity contribution >= 4 is 0 Å². The molecule has 0 aliphatic carbocycles. The summed E-state index contributed by atoms with van der Waals surface area (Å²) in [4.78, 5) is 2.19. The van der Waals surface area contributed by atoms with E-state index in [1.165, 1.54) is 135 Å². The SMILES string of the molecule is C=CN(C)CCCCCCCCCCCCCCCCCCCCCC. The van der Waals surface area contributed by atoms with Crippen LogP contribution >= 0.6 is 0 Å². The maximum Gasteiger partial charge on any atom is 0.0169 e. The smallest absolute Gasteiger partial charge is 0.0169 e. The first-order chi connectivity index (χ1) is 12.8. The fourth-order valence-corrected chi connectivity index (χ4v) is 3.71. The van der Waals surface area contributed by atoms with Crippen molar-refractivity contribution in [2.45, 2.75) is 135 Å². The third-order valence-electron chi connectivity index (χ3n) is 5.68. The molecule has 0 fully saturated rings. The Balaban J connectivity index is 3.00. The van der Waals surface area contributed by atoms with Crippen LogP contribution in [0.5, 0.6) is 0 Å². The maximum absolute atomic E-state index is 3.79. The molecule has 0 aliphatic rings. The quantitative estimate of drug-likeness (QED) is 0.173. The molecule has 0 spiro atoms. The molecule has 0 atom stereocenters. The minimum Gasteiger partial charge on any atom is -0.381 e. The summed E-state index contributed by atoms with van der Waals surface area (Å²) < 4.78 is 0. The second-order valence-electron chi connectivity index (χ2n) is 8.38. The van der Waals surface area contributed by atoms with Crippen molar-refractivity contribution < 1.29 is 0 Å². The summed E-state index contributed by atoms with van der Waals surface area (Å²) in [6, 6.07) is 0. The molecule has 0 rings (SSSR count). The standard InChI is InChI=1S/C25H51N/c1-4-6-7-8-9-10-11-12-13-14-15-16-17-18-19-20-21-22-23-24-25-26(3)5-2/h5H,2,4,6-25H2,1,3H3. The van der Waals surface area contributed by atoms with Crippen LogP contribution in [0.15, 0.2) is 12.8 Å². The Morgan fingerprint density at radius 1 is 0.500 bits per heavy atom. The van der Waals surface area contributed by atoms with Crippen molar-refractivity contribution in [3.8, 4) is 0 Å². The summed E-state index contributed by atoms with van der Waals surface area (Å²) in [7, 11) is 2.11. The summed E-state index contributed by atoms with van der Waals surface area (Å²) in [5.41, 5.74) is 0. The molecule has 1 heteroatoms. The van der Waals surface area contributed by atoms with Gasteiger partial charge in [-0.2, -0.15) is 0 Å². The Kier molecular flexibility index (Phi) is 22.2. The zero-order valence-corrected chi connectivity index (χ0v) is 18.6. The van der Waals surface area contributed by atoms with Gasteiger partial charge in [0.25, 0.3) is 0 Å². The molecule has 1 nitrogen and oxygen atoms in total. The van der Waals surface area contributed by atoms with E-state index in [9.17, 15) is 0 Å². The Bertz CT molecular complexity index is 261. The number of nitrogens with zero attached hydrogens (tertiary/aromatic N) is 1. The van der Waals surface area contributed by atoms with Gasteiger partial charge in [-0.1, -0.05) is 135 Å². The number of unbranched alkanes of at least 4 members (excludes halogenated alkanes) is 19. The van der Waals surface area contributed by atoms with E-state index in [1.54, 1.807) is 0 Å². The van der Waals surface area contributed by atoms with Gasteiger partial charge in [-0.25, -0.2) is 0 Å². The van der Waals surface area contributed by atoms with Gasteiger partial charge in [-0.15, -0.1) is 0 Å². The molecule has 0 aliphatic heterocycles. The van der Waals surface area contributed by atoms with Gasteiger partial charge in [0.2, 0.25) is 0 Å². The van der Waals surface area contributed by atoms with Crippen molar-refractivity contribution in [1.82, 2.24) is 4.90 Å². The first-order valence-electron chi connectivity index (χ1n) is 12.1. The normalized spacial score (nSPS) is 11.0. The fourth-order valence-electron chi connectivity index (χ4n) is 3.71. The highest BCUT2D eigenvalue weighted by molar-refractivity contribution is 4.65. The van der Waals surface area contributed by atoms with Gasteiger partial charge >= 0.3 is 0 Å². The molecular weight excluding hydrogens is 314 g/mol. The topological polar surface area (TPSA) is 3.24 Å². The van der Waals surface area contributed by atoms with Crippen LogP contribution in [0.25, 0.3) is 0 Å². The highest BCUT2D eigenvalue weighted by Gasteiger charge is 1.96. The summed E-state index contributed by atoms with van der Waals surface area (Å²) in [6.07, 6.45) is 30.9. The zero-order chi connectivity index (χ0) is 19.1. The van der Waals surface area contributed by atoms with E-state index >= 15 is 0 Å². The molecule has 0 unspecified atom stereocenters. The third-order valence-corrected chi connectivity index (χ3v) is 5.68. The molecule has 0 aromatic rings. The van der Waals surface area contributed by atoms with E-state index in [1.807, 2.05) is 6.20 Å². The average Bonchev–Trinajstić information content (AvgIpc) is 2.66. The van der Waals surface area contributed by atoms with Crippen molar-refractivity contribution in [2.75, 3.05) is 13.6 Å². The molecule has 0 radical (unpaired) electrons. The molecule has 0 heterocycles. The first kappa shape index (κ1) is 25.5. The van der Waals surface area contributed by atoms with E-state index in [0.717, 1.165) is 0 Å². The minimum absolute atomic E-state index is 1.17. The predicted octanol–water partition coefficient (Wildman–Crippen LogP) is 8.88. The van der Waals surface area contributed by atoms with E-state index in [4.69, 9.17) is 0 Å². The van der Waals surface area contributed by atoms with Crippen LogP contribution in [0.4, 0.5) is 0 Å². The van der Waals surface area contributed by atoms with Crippen LogP contribution in [0.3, 0.4) is 0 Å². The molecule has 0 aromatic heterocycles. The monoisotopic (exact) mass is 365 g/mol. The van der Waals surface area contributed by atoms with Crippen LogP contribution in [-0.2, 0) is 0 Å². The van der Waals surface area contributed by atoms with Gasteiger partial charge in [0.1, 0.15) is 0 Å².